The number of anilines is 1. The Balaban J connectivity index is 0.00000205. The zero-order chi connectivity index (χ0) is 28.7. The summed E-state index contributed by atoms with van der Waals surface area (Å²) in [6, 6.07) is -1.25. The maximum atomic E-state index is 13.6. The van der Waals surface area contributed by atoms with Crippen molar-refractivity contribution in [3.63, 3.8) is 0 Å². The zero-order valence-electron chi connectivity index (χ0n) is 23.1. The zero-order valence-corrected chi connectivity index (χ0v) is 23.9. The van der Waals surface area contributed by atoms with Crippen LogP contribution in [-0.4, -0.2) is 73.9 Å². The van der Waals surface area contributed by atoms with E-state index in [0.29, 0.717) is 39.2 Å². The van der Waals surface area contributed by atoms with Gasteiger partial charge in [-0.3, -0.25) is 14.9 Å². The summed E-state index contributed by atoms with van der Waals surface area (Å²) >= 11 is 1.28. The minimum atomic E-state index is -2.67. The van der Waals surface area contributed by atoms with Crippen LogP contribution in [0.25, 0.3) is 0 Å². The van der Waals surface area contributed by atoms with Crippen LogP contribution in [0.3, 0.4) is 0 Å². The number of hydrogen-bond acceptors (Lipinski definition) is 7. The molecule has 210 valence electrons. The summed E-state index contributed by atoms with van der Waals surface area (Å²) in [5.41, 5.74) is 1.77. The van der Waals surface area contributed by atoms with Gasteiger partial charge in [0.05, 0.1) is 24.6 Å². The third kappa shape index (κ3) is 7.69. The number of carbonyl (C=O) groups excluding carboxylic acids is 2. The number of dihydropyridines is 1. The first-order chi connectivity index (χ1) is 18.7. The van der Waals surface area contributed by atoms with E-state index in [0.717, 1.165) is 17.7 Å². The summed E-state index contributed by atoms with van der Waals surface area (Å²) in [4.78, 5) is 34.2. The van der Waals surface area contributed by atoms with Crippen LogP contribution in [0.1, 0.15) is 38.0 Å². The third-order valence-corrected chi connectivity index (χ3v) is 6.96. The first kappa shape index (κ1) is 29.9. The lowest BCUT2D eigenvalue weighted by Gasteiger charge is -2.32. The van der Waals surface area contributed by atoms with E-state index in [4.69, 9.17) is 4.74 Å². The highest BCUT2D eigenvalue weighted by atomic mass is 32.1. The number of thiazole rings is 1. The molecule has 2 aliphatic heterocycles. The molecule has 0 bridgehead atoms. The fourth-order valence-corrected chi connectivity index (χ4v) is 4.45. The van der Waals surface area contributed by atoms with Crippen molar-refractivity contribution in [1.82, 2.24) is 20.1 Å². The Morgan fingerprint density at radius 2 is 2.05 bits per heavy atom. The van der Waals surface area contributed by atoms with Crippen LogP contribution in [0, 0.1) is 17.8 Å². The Hall–Kier alpha value is -3.65. The molecule has 8 nitrogen and oxygen atoms in total. The Morgan fingerprint density at radius 3 is 2.67 bits per heavy atom. The van der Waals surface area contributed by atoms with E-state index in [-0.39, 0.29) is 18.9 Å². The fraction of sp³-hybridized carbons (Fsp3) is 0.464. The molecule has 1 unspecified atom stereocenters. The van der Waals surface area contributed by atoms with Gasteiger partial charge in [-0.1, -0.05) is 37.0 Å². The average Bonchev–Trinajstić information content (AvgIpc) is 3.66. The van der Waals surface area contributed by atoms with Gasteiger partial charge in [-0.05, 0) is 30.6 Å². The molecule has 1 aliphatic carbocycles. The number of carbonyl (C=O) groups is 2. The predicted molar refractivity (Wildman–Crippen MR) is 149 cm³/mol. The summed E-state index contributed by atoms with van der Waals surface area (Å²) in [5.74, 6) is 6.47. The van der Waals surface area contributed by atoms with Crippen molar-refractivity contribution in [2.75, 3.05) is 40.1 Å². The fourth-order valence-electron chi connectivity index (χ4n) is 3.78. The second-order valence-electron chi connectivity index (χ2n) is 9.20. The molecular formula is C28H35F2N5O3S. The smallest absolute Gasteiger partial charge is 0.261 e. The van der Waals surface area contributed by atoms with Crippen LogP contribution in [-0.2, 0) is 14.3 Å². The van der Waals surface area contributed by atoms with Crippen LogP contribution in [0.15, 0.2) is 52.7 Å². The number of ether oxygens (including phenoxy) is 1. The summed E-state index contributed by atoms with van der Waals surface area (Å²) in [7, 11) is 6.53. The molecule has 1 atom stereocenters. The highest BCUT2D eigenvalue weighted by molar-refractivity contribution is 7.16. The van der Waals surface area contributed by atoms with E-state index < -0.39 is 18.4 Å². The lowest BCUT2D eigenvalue weighted by atomic mass is 9.90. The molecule has 39 heavy (non-hydrogen) atoms. The molecule has 1 aromatic rings. The van der Waals surface area contributed by atoms with E-state index >= 15 is 0 Å². The number of allylic oxidation sites excluding steroid dienone is 2. The van der Waals surface area contributed by atoms with Crippen molar-refractivity contribution < 1.29 is 23.1 Å². The first-order valence-electron chi connectivity index (χ1n) is 12.8. The third-order valence-electron chi connectivity index (χ3n) is 6.13. The Morgan fingerprint density at radius 1 is 1.33 bits per heavy atom. The minimum absolute atomic E-state index is 0.0905. The summed E-state index contributed by atoms with van der Waals surface area (Å²) in [6.45, 7) is 4.16. The molecule has 0 saturated heterocycles. The molecule has 4 rings (SSSR count). The number of hydrogen-bond donors (Lipinski definition) is 2. The van der Waals surface area contributed by atoms with Crippen LogP contribution in [0.2, 0.25) is 0 Å². The Kier molecular flexibility index (Phi) is 10.3. The quantitative estimate of drug-likeness (QED) is 0.489. The van der Waals surface area contributed by atoms with Crippen LogP contribution >= 0.6 is 11.3 Å². The average molecular weight is 560 g/mol. The van der Waals surface area contributed by atoms with Crippen molar-refractivity contribution >= 4 is 28.3 Å². The van der Waals surface area contributed by atoms with Gasteiger partial charge in [-0.2, -0.15) is 0 Å². The molecule has 2 amide bonds. The van der Waals surface area contributed by atoms with E-state index in [9.17, 15) is 18.4 Å². The van der Waals surface area contributed by atoms with E-state index in [1.54, 1.807) is 38.3 Å². The molecule has 0 aromatic carbocycles. The van der Waals surface area contributed by atoms with Crippen LogP contribution in [0.4, 0.5) is 13.9 Å². The van der Waals surface area contributed by atoms with Crippen molar-refractivity contribution in [2.45, 2.75) is 45.6 Å². The molecule has 2 N–H and O–H groups in total. The lowest BCUT2D eigenvalue weighted by Crippen LogP contribution is -2.36. The first-order valence-corrected chi connectivity index (χ1v) is 13.6. The van der Waals surface area contributed by atoms with Gasteiger partial charge in [0.25, 0.3) is 12.3 Å². The van der Waals surface area contributed by atoms with Crippen molar-refractivity contribution in [1.29, 1.82) is 0 Å². The van der Waals surface area contributed by atoms with Gasteiger partial charge in [0.2, 0.25) is 5.91 Å². The van der Waals surface area contributed by atoms with Crippen molar-refractivity contribution in [2.24, 2.45) is 5.92 Å². The number of methoxy groups -OCH3 is 1. The Bertz CT molecular complexity index is 1270. The van der Waals surface area contributed by atoms with Crippen molar-refractivity contribution in [3.05, 3.63) is 57.6 Å². The molecule has 1 saturated carbocycles. The highest BCUT2D eigenvalue weighted by Crippen LogP contribution is 2.34. The summed E-state index contributed by atoms with van der Waals surface area (Å²) < 4.78 is 32.6. The van der Waals surface area contributed by atoms with Gasteiger partial charge in [-0.25, -0.2) is 13.8 Å². The van der Waals surface area contributed by atoms with E-state index in [1.165, 1.54) is 35.6 Å². The van der Waals surface area contributed by atoms with Crippen LogP contribution in [0.5, 0.6) is 0 Å². The molecule has 11 heteroatoms. The molecule has 3 aliphatic rings. The number of likely N-dealkylation sites (N-methyl/N-ethyl adjacent to an activating group) is 1. The van der Waals surface area contributed by atoms with Crippen LogP contribution < -0.4 is 10.6 Å². The van der Waals surface area contributed by atoms with E-state index in [2.05, 4.69) is 27.5 Å². The van der Waals surface area contributed by atoms with Gasteiger partial charge in [-0.15, -0.1) is 0 Å². The molecule has 1 fully saturated rings. The topological polar surface area (TPSA) is 86.8 Å². The van der Waals surface area contributed by atoms with Gasteiger partial charge in [0.1, 0.15) is 11.8 Å². The second-order valence-corrected chi connectivity index (χ2v) is 10.2. The monoisotopic (exact) mass is 559 g/mol. The number of nitrogens with one attached hydrogen (secondary N) is 2. The number of nitrogens with zero attached hydrogens (tertiary/aromatic N) is 3. The Labute approximate surface area is 232 Å². The van der Waals surface area contributed by atoms with Gasteiger partial charge in [0, 0.05) is 56.6 Å². The van der Waals surface area contributed by atoms with Gasteiger partial charge >= 0.3 is 0 Å². The maximum absolute atomic E-state index is 13.6. The molecule has 3 heterocycles. The standard InChI is InChI=1S/C26H29F2N5O3S.C2H6/c1-32(2)23(34)10-16-9-18(19-11-21(24(27)28)29-13-22(19)36-4)20(14-33(16)3)25(35)31-26-30-12-17(37-26)8-7-15-5-6-15;1-2/h9,11-13,15,21,24,29H,5-6,10,14H2,1-4H3,(H,30,31,35);1-2H3. The summed E-state index contributed by atoms with van der Waals surface area (Å²) in [5, 5.41) is 5.84. The minimum Gasteiger partial charge on any atom is -0.495 e. The molecule has 0 radical (unpaired) electrons. The normalized spacial score (nSPS) is 18.4. The van der Waals surface area contributed by atoms with Gasteiger partial charge < -0.3 is 19.9 Å². The number of aromatic nitrogens is 1. The van der Waals surface area contributed by atoms with Crippen molar-refractivity contribution in [3.8, 4) is 11.8 Å². The maximum Gasteiger partial charge on any atom is 0.261 e. The number of alkyl halides is 2. The highest BCUT2D eigenvalue weighted by Gasteiger charge is 2.31. The van der Waals surface area contributed by atoms with E-state index in [1.807, 2.05) is 13.8 Å². The SMILES string of the molecule is CC.COC1=CNC(C(F)F)C=C1C1=C(C(=O)Nc2ncc(C#CC3CC3)s2)CN(C)C(CC(=O)N(C)C)=C1. The summed E-state index contributed by atoms with van der Waals surface area (Å²) in [6.07, 6.45) is 5.70. The molecule has 1 aromatic heterocycles. The largest absolute Gasteiger partial charge is 0.495 e. The molecular weight excluding hydrogens is 524 g/mol. The number of halogens is 2. The lowest BCUT2D eigenvalue weighted by molar-refractivity contribution is -0.128. The number of rotatable bonds is 7. The second kappa shape index (κ2) is 13.4. The molecule has 0 spiro atoms. The van der Waals surface area contributed by atoms with Gasteiger partial charge in [0.15, 0.2) is 5.13 Å². The predicted octanol–water partition coefficient (Wildman–Crippen LogP) is 4.12. The number of amides is 2.